The van der Waals surface area contributed by atoms with Crippen LogP contribution in [-0.2, 0) is 22.4 Å². The van der Waals surface area contributed by atoms with Crippen LogP contribution in [-0.4, -0.2) is 42.1 Å². The molecule has 0 saturated heterocycles. The number of methoxy groups -OCH3 is 1. The van der Waals surface area contributed by atoms with Crippen molar-refractivity contribution in [3.8, 4) is 5.75 Å². The zero-order valence-electron chi connectivity index (χ0n) is 20.4. The van der Waals surface area contributed by atoms with Crippen LogP contribution in [0.15, 0.2) is 72.8 Å². The zero-order chi connectivity index (χ0) is 25.1. The highest BCUT2D eigenvalue weighted by Gasteiger charge is 2.34. The molecular formula is C29H29N3O4. The van der Waals surface area contributed by atoms with Crippen molar-refractivity contribution >= 4 is 28.6 Å². The lowest BCUT2D eigenvalue weighted by Gasteiger charge is -2.36. The van der Waals surface area contributed by atoms with E-state index in [1.165, 1.54) is 10.9 Å². The Morgan fingerprint density at radius 1 is 1.03 bits per heavy atom. The van der Waals surface area contributed by atoms with Crippen LogP contribution in [0.5, 0.6) is 5.75 Å². The minimum absolute atomic E-state index is 0.182. The monoisotopic (exact) mass is 483 g/mol. The minimum atomic E-state index is -0.268. The first-order valence-corrected chi connectivity index (χ1v) is 12.1. The Hall–Kier alpha value is -4.26. The van der Waals surface area contributed by atoms with Gasteiger partial charge in [0.1, 0.15) is 5.75 Å². The van der Waals surface area contributed by atoms with Crippen molar-refractivity contribution in [2.75, 3.05) is 25.6 Å². The molecular weight excluding hydrogens is 454 g/mol. The Bertz CT molecular complexity index is 1380. The first kappa shape index (κ1) is 23.5. The van der Waals surface area contributed by atoms with Crippen LogP contribution in [0.1, 0.15) is 35.3 Å². The average molecular weight is 484 g/mol. The number of amides is 2. The van der Waals surface area contributed by atoms with E-state index in [0.29, 0.717) is 18.8 Å². The van der Waals surface area contributed by atoms with Crippen LogP contribution < -0.4 is 10.1 Å². The van der Waals surface area contributed by atoms with E-state index in [0.717, 1.165) is 34.5 Å². The number of benzene rings is 3. The summed E-state index contributed by atoms with van der Waals surface area (Å²) in [6, 6.07) is 23.0. The van der Waals surface area contributed by atoms with E-state index in [1.807, 2.05) is 65.6 Å². The minimum Gasteiger partial charge on any atom is -0.497 e. The van der Waals surface area contributed by atoms with Crippen LogP contribution >= 0.6 is 0 Å². The molecule has 1 aromatic heterocycles. The maximum absolute atomic E-state index is 13.5. The van der Waals surface area contributed by atoms with Crippen LogP contribution in [0, 0.1) is 0 Å². The topological polar surface area (TPSA) is 83.7 Å². The van der Waals surface area contributed by atoms with E-state index in [2.05, 4.69) is 22.4 Å². The average Bonchev–Trinajstić information content (AvgIpc) is 3.28. The van der Waals surface area contributed by atoms with Gasteiger partial charge in [-0.15, -0.1) is 0 Å². The summed E-state index contributed by atoms with van der Waals surface area (Å²) in [7, 11) is 1.64. The molecule has 0 fully saturated rings. The second kappa shape index (κ2) is 10.2. The van der Waals surface area contributed by atoms with E-state index in [9.17, 15) is 9.59 Å². The van der Waals surface area contributed by atoms with E-state index in [1.54, 1.807) is 14.0 Å². The van der Waals surface area contributed by atoms with Crippen molar-refractivity contribution in [3.63, 3.8) is 0 Å². The van der Waals surface area contributed by atoms with Gasteiger partial charge in [-0.05, 0) is 60.4 Å². The zero-order valence-corrected chi connectivity index (χ0v) is 20.4. The number of aromatic nitrogens is 1. The molecule has 36 heavy (non-hydrogen) atoms. The number of esters is 1. The highest BCUT2D eigenvalue weighted by molar-refractivity contribution is 5.91. The van der Waals surface area contributed by atoms with Gasteiger partial charge >= 0.3 is 12.0 Å². The molecule has 5 rings (SSSR count). The molecule has 0 bridgehead atoms. The maximum atomic E-state index is 13.5. The predicted molar refractivity (Wildman–Crippen MR) is 139 cm³/mol. The van der Waals surface area contributed by atoms with Gasteiger partial charge in [0.15, 0.2) is 0 Å². The Morgan fingerprint density at radius 3 is 2.50 bits per heavy atom. The third-order valence-electron chi connectivity index (χ3n) is 6.59. The third kappa shape index (κ3) is 4.64. The molecule has 0 aliphatic carbocycles. The summed E-state index contributed by atoms with van der Waals surface area (Å²) >= 11 is 0. The standard InChI is InChI=1S/C29H29N3O4/c1-3-36-26(33)18-19-8-12-21(13-9-19)30-29(34)32-17-16-24-23-6-4-5-7-25(23)31-27(24)28(32)20-10-14-22(35-2)15-11-20/h4-15,28,31H,3,16-18H2,1-2H3,(H,30,34). The lowest BCUT2D eigenvalue weighted by molar-refractivity contribution is -0.142. The van der Waals surface area contributed by atoms with E-state index in [-0.39, 0.29) is 24.5 Å². The fraction of sp³-hybridized carbons (Fsp3) is 0.241. The SMILES string of the molecule is CCOC(=O)Cc1ccc(NC(=O)N2CCc3c([nH]c4ccccc34)C2c2ccc(OC)cc2)cc1. The van der Waals surface area contributed by atoms with Crippen molar-refractivity contribution in [2.24, 2.45) is 0 Å². The van der Waals surface area contributed by atoms with Crippen LogP contribution in [0.2, 0.25) is 0 Å². The van der Waals surface area contributed by atoms with Gasteiger partial charge in [-0.2, -0.15) is 0 Å². The quantitative estimate of drug-likeness (QED) is 0.357. The molecule has 1 atom stereocenters. The van der Waals surface area contributed by atoms with Gasteiger partial charge in [0, 0.05) is 28.8 Å². The molecule has 184 valence electrons. The molecule has 7 heteroatoms. The maximum Gasteiger partial charge on any atom is 0.322 e. The van der Waals surface area contributed by atoms with E-state index >= 15 is 0 Å². The summed E-state index contributed by atoms with van der Waals surface area (Å²) < 4.78 is 10.4. The summed E-state index contributed by atoms with van der Waals surface area (Å²) in [6.45, 7) is 2.73. The van der Waals surface area contributed by atoms with Gasteiger partial charge < -0.3 is 24.7 Å². The van der Waals surface area contributed by atoms with Gasteiger partial charge in [0.25, 0.3) is 0 Å². The number of hydrogen-bond donors (Lipinski definition) is 2. The Labute approximate surface area is 210 Å². The number of H-pyrrole nitrogens is 1. The number of carbonyl (C=O) groups excluding carboxylic acids is 2. The van der Waals surface area contributed by atoms with Crippen molar-refractivity contribution in [2.45, 2.75) is 25.8 Å². The van der Waals surface area contributed by atoms with Gasteiger partial charge in [-0.1, -0.05) is 42.5 Å². The number of aromatic amines is 1. The summed E-state index contributed by atoms with van der Waals surface area (Å²) in [5, 5.41) is 4.23. The number of anilines is 1. The molecule has 0 radical (unpaired) electrons. The second-order valence-corrected chi connectivity index (χ2v) is 8.79. The highest BCUT2D eigenvalue weighted by atomic mass is 16.5. The number of fused-ring (bicyclic) bond motifs is 3. The molecule has 1 unspecified atom stereocenters. The molecule has 4 aromatic rings. The smallest absolute Gasteiger partial charge is 0.322 e. The van der Waals surface area contributed by atoms with Crippen molar-refractivity contribution in [1.29, 1.82) is 0 Å². The predicted octanol–water partition coefficient (Wildman–Crippen LogP) is 5.46. The molecule has 1 aliphatic rings. The number of carbonyl (C=O) groups is 2. The number of nitrogens with zero attached hydrogens (tertiary/aromatic N) is 1. The van der Waals surface area contributed by atoms with Crippen molar-refractivity contribution in [1.82, 2.24) is 9.88 Å². The number of nitrogens with one attached hydrogen (secondary N) is 2. The number of hydrogen-bond acceptors (Lipinski definition) is 4. The molecule has 3 aromatic carbocycles. The molecule has 7 nitrogen and oxygen atoms in total. The molecule has 0 saturated carbocycles. The molecule has 1 aliphatic heterocycles. The van der Waals surface area contributed by atoms with Crippen LogP contribution in [0.3, 0.4) is 0 Å². The largest absolute Gasteiger partial charge is 0.497 e. The Kier molecular flexibility index (Phi) is 6.62. The first-order valence-electron chi connectivity index (χ1n) is 12.1. The lowest BCUT2D eigenvalue weighted by Crippen LogP contribution is -2.43. The number of urea groups is 1. The van der Waals surface area contributed by atoms with Gasteiger partial charge in [-0.25, -0.2) is 4.79 Å². The van der Waals surface area contributed by atoms with Crippen molar-refractivity contribution < 1.29 is 19.1 Å². The van der Waals surface area contributed by atoms with Gasteiger partial charge in [0.05, 0.1) is 26.2 Å². The van der Waals surface area contributed by atoms with E-state index < -0.39 is 0 Å². The normalized spacial score (nSPS) is 14.8. The fourth-order valence-corrected chi connectivity index (χ4v) is 4.87. The Morgan fingerprint density at radius 2 is 1.78 bits per heavy atom. The Balaban J connectivity index is 1.42. The molecule has 2 N–H and O–H groups in total. The fourth-order valence-electron chi connectivity index (χ4n) is 4.87. The van der Waals surface area contributed by atoms with Crippen LogP contribution in [0.25, 0.3) is 10.9 Å². The summed E-state index contributed by atoms with van der Waals surface area (Å²) in [4.78, 5) is 30.7. The van der Waals surface area contributed by atoms with Gasteiger partial charge in [0.2, 0.25) is 0 Å². The van der Waals surface area contributed by atoms with Crippen LogP contribution in [0.4, 0.5) is 10.5 Å². The first-order chi connectivity index (χ1) is 17.6. The highest BCUT2D eigenvalue weighted by Crippen LogP contribution is 2.39. The number of ether oxygens (including phenoxy) is 2. The summed E-state index contributed by atoms with van der Waals surface area (Å²) in [5.41, 5.74) is 5.86. The second-order valence-electron chi connectivity index (χ2n) is 8.79. The summed E-state index contributed by atoms with van der Waals surface area (Å²) in [6.07, 6.45) is 0.967. The molecule has 0 spiro atoms. The third-order valence-corrected chi connectivity index (χ3v) is 6.59. The number of rotatable bonds is 6. The van der Waals surface area contributed by atoms with Crippen molar-refractivity contribution in [3.05, 3.63) is 95.2 Å². The van der Waals surface area contributed by atoms with E-state index in [4.69, 9.17) is 9.47 Å². The molecule has 2 heterocycles. The number of para-hydroxylation sites is 1. The lowest BCUT2D eigenvalue weighted by atomic mass is 9.92. The summed E-state index contributed by atoms with van der Waals surface area (Å²) in [5.74, 6) is 0.504. The van der Waals surface area contributed by atoms with Gasteiger partial charge in [-0.3, -0.25) is 4.79 Å². The molecule has 2 amide bonds.